The zero-order valence-corrected chi connectivity index (χ0v) is 15.6. The maximum absolute atomic E-state index is 11.6. The Labute approximate surface area is 155 Å². The molecule has 2 bridgehead atoms. The number of nitrogens with two attached hydrogens (primary N) is 1. The van der Waals surface area contributed by atoms with Gasteiger partial charge in [-0.1, -0.05) is 6.42 Å². The molecule has 5 atom stereocenters. The third kappa shape index (κ3) is 2.23. The molecule has 5 nitrogen and oxygen atoms in total. The minimum Gasteiger partial charge on any atom is -0.373 e. The van der Waals surface area contributed by atoms with Crippen molar-refractivity contribution in [3.8, 4) is 0 Å². The molecule has 26 heavy (non-hydrogen) atoms. The summed E-state index contributed by atoms with van der Waals surface area (Å²) in [5, 5.41) is 0. The van der Waals surface area contributed by atoms with E-state index in [0.717, 1.165) is 36.5 Å². The number of fused-ring (bicyclic) bond motifs is 3. The molecule has 1 aromatic heterocycles. The molecule has 140 valence electrons. The number of carbonyl (C=O) groups excluding carboxylic acids is 1. The number of pyridine rings is 1. The first kappa shape index (κ1) is 16.7. The molecule has 1 saturated heterocycles. The number of likely N-dealkylation sites (tertiary alicyclic amines) is 1. The van der Waals surface area contributed by atoms with Gasteiger partial charge in [-0.25, -0.2) is 0 Å². The fraction of sp³-hybridized carbons (Fsp3) is 0.714. The minimum absolute atomic E-state index is 0.301. The average Bonchev–Trinajstić information content (AvgIpc) is 2.62. The first-order chi connectivity index (χ1) is 12.6. The Morgan fingerprint density at radius 3 is 2.58 bits per heavy atom. The average molecular weight is 355 g/mol. The molecule has 1 aliphatic heterocycles. The maximum Gasteiger partial charge on any atom is 0.267 e. The Kier molecular flexibility index (Phi) is 3.87. The van der Waals surface area contributed by atoms with Crippen molar-refractivity contribution in [2.75, 3.05) is 20.2 Å². The number of aromatic nitrogens is 1. The predicted molar refractivity (Wildman–Crippen MR) is 98.5 cm³/mol. The van der Waals surface area contributed by atoms with Crippen molar-refractivity contribution in [2.45, 2.75) is 50.2 Å². The van der Waals surface area contributed by atoms with Gasteiger partial charge in [0.05, 0.1) is 0 Å². The number of hydrogen-bond donors (Lipinski definition) is 1. The van der Waals surface area contributed by atoms with Crippen molar-refractivity contribution >= 4 is 5.91 Å². The van der Waals surface area contributed by atoms with Crippen LogP contribution in [0.15, 0.2) is 18.3 Å². The van der Waals surface area contributed by atoms with Crippen LogP contribution in [0.1, 0.15) is 54.6 Å². The van der Waals surface area contributed by atoms with Gasteiger partial charge in [-0.05, 0) is 61.6 Å². The van der Waals surface area contributed by atoms with Crippen molar-refractivity contribution < 1.29 is 9.53 Å². The molecule has 3 aliphatic carbocycles. The van der Waals surface area contributed by atoms with Crippen LogP contribution in [-0.2, 0) is 10.3 Å². The van der Waals surface area contributed by atoms with Gasteiger partial charge in [0.15, 0.2) is 0 Å². The van der Waals surface area contributed by atoms with Gasteiger partial charge >= 0.3 is 0 Å². The molecule has 5 heteroatoms. The highest BCUT2D eigenvalue weighted by Gasteiger charge is 2.57. The number of amides is 1. The topological polar surface area (TPSA) is 68.5 Å². The molecule has 5 rings (SSSR count). The van der Waals surface area contributed by atoms with Crippen LogP contribution >= 0.6 is 0 Å². The van der Waals surface area contributed by atoms with Gasteiger partial charge in [0.2, 0.25) is 0 Å². The van der Waals surface area contributed by atoms with Crippen molar-refractivity contribution in [1.82, 2.24) is 9.88 Å². The largest absolute Gasteiger partial charge is 0.373 e. The van der Waals surface area contributed by atoms with E-state index in [-0.39, 0.29) is 5.60 Å². The number of primary amides is 1. The van der Waals surface area contributed by atoms with Crippen LogP contribution in [-0.4, -0.2) is 42.0 Å². The Morgan fingerprint density at radius 2 is 2.04 bits per heavy atom. The Hall–Kier alpha value is -1.46. The zero-order valence-electron chi connectivity index (χ0n) is 15.6. The van der Waals surface area contributed by atoms with Crippen molar-refractivity contribution in [1.29, 1.82) is 0 Å². The number of ether oxygens (including phenoxy) is 1. The highest BCUT2D eigenvalue weighted by molar-refractivity contribution is 5.90. The molecule has 3 saturated carbocycles. The summed E-state index contributed by atoms with van der Waals surface area (Å²) >= 11 is 0. The molecule has 0 radical (unpaired) electrons. The summed E-state index contributed by atoms with van der Waals surface area (Å²) < 4.78 is 6.30. The second-order valence-corrected chi connectivity index (χ2v) is 8.87. The summed E-state index contributed by atoms with van der Waals surface area (Å²) in [5.41, 5.74) is 6.62. The van der Waals surface area contributed by atoms with E-state index in [0.29, 0.717) is 17.5 Å². The third-order valence-corrected chi connectivity index (χ3v) is 8.01. The second-order valence-electron chi connectivity index (χ2n) is 8.87. The number of nitrogens with zero attached hydrogens (tertiary/aromatic N) is 2. The lowest BCUT2D eigenvalue weighted by Gasteiger charge is -2.62. The Morgan fingerprint density at radius 1 is 1.27 bits per heavy atom. The molecule has 4 fully saturated rings. The number of carbonyl (C=O) groups is 1. The number of piperidine rings is 1. The van der Waals surface area contributed by atoms with Crippen LogP contribution in [0.2, 0.25) is 0 Å². The molecule has 0 spiro atoms. The van der Waals surface area contributed by atoms with Crippen LogP contribution in [0.4, 0.5) is 0 Å². The van der Waals surface area contributed by atoms with E-state index in [4.69, 9.17) is 10.5 Å². The zero-order chi connectivity index (χ0) is 17.9. The molecule has 4 aliphatic rings. The van der Waals surface area contributed by atoms with Gasteiger partial charge < -0.3 is 10.5 Å². The molecule has 5 unspecified atom stereocenters. The van der Waals surface area contributed by atoms with Gasteiger partial charge in [-0.2, -0.15) is 0 Å². The molecule has 2 N–H and O–H groups in total. The van der Waals surface area contributed by atoms with Crippen LogP contribution in [0.3, 0.4) is 0 Å². The van der Waals surface area contributed by atoms with Crippen LogP contribution in [0, 0.1) is 23.7 Å². The van der Waals surface area contributed by atoms with E-state index >= 15 is 0 Å². The maximum atomic E-state index is 11.6. The van der Waals surface area contributed by atoms with Gasteiger partial charge in [0, 0.05) is 44.3 Å². The van der Waals surface area contributed by atoms with Gasteiger partial charge in [0.1, 0.15) is 11.3 Å². The molecule has 1 amide bonds. The van der Waals surface area contributed by atoms with Gasteiger partial charge in [-0.3, -0.25) is 14.7 Å². The summed E-state index contributed by atoms with van der Waals surface area (Å²) in [4.78, 5) is 18.6. The van der Waals surface area contributed by atoms with E-state index in [2.05, 4.69) is 9.88 Å². The Balaban J connectivity index is 1.47. The summed E-state index contributed by atoms with van der Waals surface area (Å²) in [7, 11) is 1.84. The van der Waals surface area contributed by atoms with E-state index in [1.54, 1.807) is 6.20 Å². The SMILES string of the molecule is COC1(c2ccnc(C(N)=O)c2)C2CCCC1CN(C1CC3CCC31)C2. The molecular formula is C21H29N3O2. The highest BCUT2D eigenvalue weighted by Crippen LogP contribution is 2.56. The lowest BCUT2D eigenvalue weighted by molar-refractivity contribution is -0.193. The lowest BCUT2D eigenvalue weighted by atomic mass is 9.54. The summed E-state index contributed by atoms with van der Waals surface area (Å²) in [6.45, 7) is 2.24. The van der Waals surface area contributed by atoms with E-state index in [1.807, 2.05) is 19.2 Å². The fourth-order valence-corrected chi connectivity index (χ4v) is 6.57. The van der Waals surface area contributed by atoms with E-state index in [9.17, 15) is 4.79 Å². The monoisotopic (exact) mass is 355 g/mol. The van der Waals surface area contributed by atoms with Gasteiger partial charge in [-0.15, -0.1) is 0 Å². The summed E-state index contributed by atoms with van der Waals surface area (Å²) in [6.07, 6.45) is 9.67. The van der Waals surface area contributed by atoms with Crippen LogP contribution < -0.4 is 5.73 Å². The standard InChI is InChI=1S/C21H29N3O2/c1-26-21(14-7-8-23-18(10-14)20(22)25)15-3-2-4-16(21)12-24(11-15)19-9-13-5-6-17(13)19/h7-8,10,13,15-17,19H,2-6,9,11-12H2,1H3,(H2,22,25). The van der Waals surface area contributed by atoms with Crippen molar-refractivity contribution in [3.05, 3.63) is 29.6 Å². The summed E-state index contributed by atoms with van der Waals surface area (Å²) in [6, 6.07) is 4.71. The van der Waals surface area contributed by atoms with Gasteiger partial charge in [0.25, 0.3) is 5.91 Å². The predicted octanol–water partition coefficient (Wildman–Crippen LogP) is 2.55. The molecule has 2 heterocycles. The molecule has 1 aromatic rings. The van der Waals surface area contributed by atoms with Crippen molar-refractivity contribution in [2.24, 2.45) is 29.4 Å². The van der Waals surface area contributed by atoms with Crippen LogP contribution in [0.25, 0.3) is 0 Å². The first-order valence-corrected chi connectivity index (χ1v) is 10.2. The fourth-order valence-electron chi connectivity index (χ4n) is 6.57. The van der Waals surface area contributed by atoms with Crippen LogP contribution in [0.5, 0.6) is 0 Å². The normalized spacial score (nSPS) is 41.7. The molecule has 0 aromatic carbocycles. The first-order valence-electron chi connectivity index (χ1n) is 10.2. The van der Waals surface area contributed by atoms with Crippen molar-refractivity contribution in [3.63, 3.8) is 0 Å². The summed E-state index contributed by atoms with van der Waals surface area (Å²) in [5.74, 6) is 2.47. The number of hydrogen-bond acceptors (Lipinski definition) is 4. The highest BCUT2D eigenvalue weighted by atomic mass is 16.5. The quantitative estimate of drug-likeness (QED) is 0.901. The minimum atomic E-state index is -0.466. The molecular weight excluding hydrogens is 326 g/mol. The van der Waals surface area contributed by atoms with E-state index in [1.165, 1.54) is 38.5 Å². The lowest BCUT2D eigenvalue weighted by Crippen LogP contribution is -2.65. The van der Waals surface area contributed by atoms with E-state index < -0.39 is 5.91 Å². The second kappa shape index (κ2) is 6.03. The third-order valence-electron chi connectivity index (χ3n) is 8.01. The smallest absolute Gasteiger partial charge is 0.267 e. The Bertz CT molecular complexity index is 707. The number of methoxy groups -OCH3 is 1. The number of rotatable bonds is 4.